The Balaban J connectivity index is 1.63. The van der Waals surface area contributed by atoms with Gasteiger partial charge >= 0.3 is 6.03 Å². The first-order valence-corrected chi connectivity index (χ1v) is 8.16. The summed E-state index contributed by atoms with van der Waals surface area (Å²) in [5, 5.41) is 5.63. The Kier molecular flexibility index (Phi) is 5.04. The molecule has 7 heteroatoms. The topological polar surface area (TPSA) is 83.8 Å². The van der Waals surface area contributed by atoms with Gasteiger partial charge in [-0.05, 0) is 38.1 Å². The van der Waals surface area contributed by atoms with Crippen LogP contribution in [0.1, 0.15) is 24.2 Å². The van der Waals surface area contributed by atoms with Crippen molar-refractivity contribution in [3.8, 4) is 0 Å². The fourth-order valence-electron chi connectivity index (χ4n) is 2.82. The maximum absolute atomic E-state index is 12.4. The van der Waals surface area contributed by atoms with Crippen molar-refractivity contribution in [2.24, 2.45) is 0 Å². The predicted molar refractivity (Wildman–Crippen MR) is 93.7 cm³/mol. The summed E-state index contributed by atoms with van der Waals surface area (Å²) in [6.45, 7) is 4.99. The highest BCUT2D eigenvalue weighted by molar-refractivity contribution is 6.04. The van der Waals surface area contributed by atoms with Crippen LogP contribution in [-0.4, -0.2) is 42.1 Å². The molecule has 1 aliphatic rings. The zero-order chi connectivity index (χ0) is 17.8. The molecule has 2 heterocycles. The van der Waals surface area contributed by atoms with Crippen LogP contribution in [0.15, 0.2) is 47.3 Å². The van der Waals surface area contributed by atoms with Gasteiger partial charge in [0.2, 0.25) is 0 Å². The molecule has 3 amide bonds. The summed E-state index contributed by atoms with van der Waals surface area (Å²) in [7, 11) is 0. The highest BCUT2D eigenvalue weighted by Gasteiger charge is 2.25. The molecular formula is C18H21N3O4. The van der Waals surface area contributed by atoms with Crippen molar-refractivity contribution in [3.05, 3.63) is 48.4 Å². The average molecular weight is 343 g/mol. The van der Waals surface area contributed by atoms with E-state index in [0.29, 0.717) is 30.0 Å². The van der Waals surface area contributed by atoms with E-state index in [1.165, 1.54) is 12.5 Å². The first-order valence-electron chi connectivity index (χ1n) is 8.16. The van der Waals surface area contributed by atoms with Crippen LogP contribution < -0.4 is 10.6 Å². The number of urea groups is 1. The second-order valence-electron chi connectivity index (χ2n) is 6.14. The van der Waals surface area contributed by atoms with E-state index in [0.717, 1.165) is 0 Å². The molecule has 1 aromatic carbocycles. The number of furan rings is 1. The second-order valence-corrected chi connectivity index (χ2v) is 6.14. The molecule has 2 atom stereocenters. The predicted octanol–water partition coefficient (Wildman–Crippen LogP) is 3.17. The van der Waals surface area contributed by atoms with Gasteiger partial charge in [-0.25, -0.2) is 4.79 Å². The quantitative estimate of drug-likeness (QED) is 0.896. The van der Waals surface area contributed by atoms with Gasteiger partial charge in [0.05, 0.1) is 24.0 Å². The van der Waals surface area contributed by atoms with Crippen molar-refractivity contribution >= 4 is 23.3 Å². The number of carbonyl (C=O) groups excluding carboxylic acids is 2. The van der Waals surface area contributed by atoms with Crippen LogP contribution in [0.2, 0.25) is 0 Å². The first kappa shape index (κ1) is 17.0. The number of anilines is 2. The molecule has 0 aliphatic carbocycles. The minimum atomic E-state index is -0.270. The van der Waals surface area contributed by atoms with Gasteiger partial charge in [-0.15, -0.1) is 0 Å². The van der Waals surface area contributed by atoms with E-state index in [9.17, 15) is 9.59 Å². The van der Waals surface area contributed by atoms with Gasteiger partial charge in [-0.1, -0.05) is 6.07 Å². The molecule has 2 N–H and O–H groups in total. The van der Waals surface area contributed by atoms with Crippen molar-refractivity contribution in [1.82, 2.24) is 4.90 Å². The number of morpholine rings is 1. The minimum Gasteiger partial charge on any atom is -0.472 e. The lowest BCUT2D eigenvalue weighted by Crippen LogP contribution is -2.49. The van der Waals surface area contributed by atoms with Gasteiger partial charge in [0.1, 0.15) is 6.26 Å². The molecule has 1 aromatic heterocycles. The number of amides is 3. The van der Waals surface area contributed by atoms with Crippen molar-refractivity contribution in [1.29, 1.82) is 0 Å². The fraction of sp³-hybridized carbons (Fsp3) is 0.333. The molecule has 0 bridgehead atoms. The van der Waals surface area contributed by atoms with Crippen LogP contribution in [0.5, 0.6) is 0 Å². The molecule has 7 nitrogen and oxygen atoms in total. The number of ether oxygens (including phenoxy) is 1. The van der Waals surface area contributed by atoms with Crippen LogP contribution >= 0.6 is 0 Å². The van der Waals surface area contributed by atoms with Crippen LogP contribution in [0.25, 0.3) is 0 Å². The summed E-state index contributed by atoms with van der Waals surface area (Å²) in [5.74, 6) is -0.270. The monoisotopic (exact) mass is 343 g/mol. The number of carbonyl (C=O) groups is 2. The van der Waals surface area contributed by atoms with Gasteiger partial charge in [0.25, 0.3) is 5.91 Å². The maximum Gasteiger partial charge on any atom is 0.322 e. The van der Waals surface area contributed by atoms with Crippen molar-refractivity contribution < 1.29 is 18.7 Å². The van der Waals surface area contributed by atoms with Gasteiger partial charge < -0.3 is 24.7 Å². The molecule has 3 rings (SSSR count). The van der Waals surface area contributed by atoms with Crippen LogP contribution in [0.4, 0.5) is 16.2 Å². The van der Waals surface area contributed by atoms with Crippen molar-refractivity contribution in [3.63, 3.8) is 0 Å². The molecule has 0 saturated carbocycles. The standard InChI is InChI=1S/C18H21N3O4/c1-12-9-21(10-13(2)25-12)18(23)20-16-5-3-4-15(8-16)19-17(22)14-6-7-24-11-14/h3-8,11-13H,9-10H2,1-2H3,(H,19,22)(H,20,23)/t12-,13-/m0/s1. The van der Waals surface area contributed by atoms with Gasteiger partial charge in [-0.3, -0.25) is 4.79 Å². The Bertz CT molecular complexity index is 735. The lowest BCUT2D eigenvalue weighted by molar-refractivity contribution is -0.0530. The van der Waals surface area contributed by atoms with Gasteiger partial charge in [0, 0.05) is 24.5 Å². The third-order valence-corrected chi connectivity index (χ3v) is 3.86. The van der Waals surface area contributed by atoms with E-state index in [1.807, 2.05) is 13.8 Å². The summed E-state index contributed by atoms with van der Waals surface area (Å²) in [6.07, 6.45) is 2.84. The molecule has 1 fully saturated rings. The highest BCUT2D eigenvalue weighted by atomic mass is 16.5. The molecule has 1 saturated heterocycles. The van der Waals surface area contributed by atoms with Crippen LogP contribution in [-0.2, 0) is 4.74 Å². The number of hydrogen-bond acceptors (Lipinski definition) is 4. The van der Waals surface area contributed by atoms with E-state index in [2.05, 4.69) is 10.6 Å². The summed E-state index contributed by atoms with van der Waals surface area (Å²) < 4.78 is 10.5. The highest BCUT2D eigenvalue weighted by Crippen LogP contribution is 2.18. The van der Waals surface area contributed by atoms with E-state index in [1.54, 1.807) is 35.2 Å². The van der Waals surface area contributed by atoms with Crippen LogP contribution in [0, 0.1) is 0 Å². The zero-order valence-electron chi connectivity index (χ0n) is 14.2. The van der Waals surface area contributed by atoms with Crippen molar-refractivity contribution in [2.45, 2.75) is 26.1 Å². The Morgan fingerprint density at radius 2 is 1.76 bits per heavy atom. The van der Waals surface area contributed by atoms with Crippen molar-refractivity contribution in [2.75, 3.05) is 23.7 Å². The molecule has 25 heavy (non-hydrogen) atoms. The van der Waals surface area contributed by atoms with E-state index in [4.69, 9.17) is 9.15 Å². The molecule has 0 radical (unpaired) electrons. The third kappa shape index (κ3) is 4.39. The van der Waals surface area contributed by atoms with Crippen LogP contribution in [0.3, 0.4) is 0 Å². The summed E-state index contributed by atoms with van der Waals surface area (Å²) in [6, 6.07) is 8.42. The summed E-state index contributed by atoms with van der Waals surface area (Å²) in [5.41, 5.74) is 1.64. The molecule has 132 valence electrons. The summed E-state index contributed by atoms with van der Waals surface area (Å²) in [4.78, 5) is 26.2. The number of benzene rings is 1. The smallest absolute Gasteiger partial charge is 0.322 e. The lowest BCUT2D eigenvalue weighted by atomic mass is 10.2. The first-order chi connectivity index (χ1) is 12.0. The average Bonchev–Trinajstić information content (AvgIpc) is 3.09. The molecule has 2 aromatic rings. The number of nitrogens with zero attached hydrogens (tertiary/aromatic N) is 1. The largest absolute Gasteiger partial charge is 0.472 e. The lowest BCUT2D eigenvalue weighted by Gasteiger charge is -2.35. The molecule has 0 unspecified atom stereocenters. The number of rotatable bonds is 3. The normalized spacial score (nSPS) is 20.2. The van der Waals surface area contributed by atoms with E-state index < -0.39 is 0 Å². The Morgan fingerprint density at radius 1 is 1.08 bits per heavy atom. The van der Waals surface area contributed by atoms with Gasteiger partial charge in [-0.2, -0.15) is 0 Å². The Hall–Kier alpha value is -2.80. The summed E-state index contributed by atoms with van der Waals surface area (Å²) >= 11 is 0. The number of hydrogen-bond donors (Lipinski definition) is 2. The Labute approximate surface area is 145 Å². The SMILES string of the molecule is C[C@H]1CN(C(=O)Nc2cccc(NC(=O)c3ccoc3)c2)C[C@H](C)O1. The third-order valence-electron chi connectivity index (χ3n) is 3.86. The fourth-order valence-corrected chi connectivity index (χ4v) is 2.82. The second kappa shape index (κ2) is 7.40. The minimum absolute atomic E-state index is 0.00934. The molecular weight excluding hydrogens is 322 g/mol. The molecule has 1 aliphatic heterocycles. The number of nitrogens with one attached hydrogen (secondary N) is 2. The van der Waals surface area contributed by atoms with Gasteiger partial charge in [0.15, 0.2) is 0 Å². The molecule has 0 spiro atoms. The zero-order valence-corrected chi connectivity index (χ0v) is 14.2. The van der Waals surface area contributed by atoms with E-state index >= 15 is 0 Å². The maximum atomic E-state index is 12.4. The Morgan fingerprint density at radius 3 is 2.40 bits per heavy atom. The van der Waals surface area contributed by atoms with E-state index in [-0.39, 0.29) is 24.1 Å².